The van der Waals surface area contributed by atoms with Gasteiger partial charge in [0.05, 0.1) is 9.22 Å². The first-order valence-corrected chi connectivity index (χ1v) is 11.0. The Bertz CT molecular complexity index is 989. The summed E-state index contributed by atoms with van der Waals surface area (Å²) >= 11 is 3.12. The fourth-order valence-electron chi connectivity index (χ4n) is 3.19. The molecule has 1 saturated carbocycles. The molecule has 0 radical (unpaired) electrons. The molecule has 0 spiro atoms. The summed E-state index contributed by atoms with van der Waals surface area (Å²) in [6, 6.07) is 4.48. The quantitative estimate of drug-likeness (QED) is 0.327. The number of hydrogen-bond donors (Lipinski definition) is 2. The maximum Gasteiger partial charge on any atom is 0.217 e. The van der Waals surface area contributed by atoms with E-state index in [-0.39, 0.29) is 17.9 Å². The minimum Gasteiger partial charge on any atom is -0.411 e. The second kappa shape index (κ2) is 8.26. The molecule has 0 unspecified atom stereocenters. The standard InChI is InChI=1S/C17H20BrFN4O4S/c1-20-28(25,26)17(7-8-17)6-2-3-14-16(23-27-22-14)15(21-24)10-11-4-5-13(19)12(18)9-11/h4-5,9,20,24H,2-3,6-8,10H2,1H3/b21-15+. The molecule has 1 aliphatic carbocycles. The summed E-state index contributed by atoms with van der Waals surface area (Å²) in [5, 5.41) is 20.4. The fourth-order valence-corrected chi connectivity index (χ4v) is 5.10. The van der Waals surface area contributed by atoms with Gasteiger partial charge in [-0.1, -0.05) is 16.4 Å². The number of hydrogen-bond acceptors (Lipinski definition) is 7. The Morgan fingerprint density at radius 2 is 2.18 bits per heavy atom. The molecule has 8 nitrogen and oxygen atoms in total. The minimum atomic E-state index is -3.32. The third kappa shape index (κ3) is 4.26. The Labute approximate surface area is 170 Å². The van der Waals surface area contributed by atoms with Crippen LogP contribution in [-0.2, 0) is 22.9 Å². The normalized spacial score (nSPS) is 16.3. The molecule has 0 saturated heterocycles. The molecule has 3 rings (SSSR count). The molecule has 11 heteroatoms. The largest absolute Gasteiger partial charge is 0.411 e. The molecule has 1 aromatic heterocycles. The van der Waals surface area contributed by atoms with Gasteiger partial charge in [-0.15, -0.1) is 0 Å². The van der Waals surface area contributed by atoms with Crippen molar-refractivity contribution in [3.05, 3.63) is 45.4 Å². The van der Waals surface area contributed by atoms with E-state index in [1.807, 2.05) is 0 Å². The second-order valence-corrected chi connectivity index (χ2v) is 9.91. The van der Waals surface area contributed by atoms with Gasteiger partial charge >= 0.3 is 0 Å². The number of benzene rings is 1. The van der Waals surface area contributed by atoms with Crippen molar-refractivity contribution in [1.29, 1.82) is 0 Å². The van der Waals surface area contributed by atoms with E-state index in [2.05, 4.69) is 36.1 Å². The van der Waals surface area contributed by atoms with E-state index in [1.165, 1.54) is 13.1 Å². The summed E-state index contributed by atoms with van der Waals surface area (Å²) in [7, 11) is -1.89. The number of oxime groups is 1. The summed E-state index contributed by atoms with van der Waals surface area (Å²) in [6.07, 6.45) is 2.99. The molecule has 1 fully saturated rings. The van der Waals surface area contributed by atoms with Gasteiger partial charge in [0.25, 0.3) is 0 Å². The number of nitrogens with one attached hydrogen (secondary N) is 1. The highest BCUT2D eigenvalue weighted by Crippen LogP contribution is 2.46. The van der Waals surface area contributed by atoms with Crippen molar-refractivity contribution < 1.29 is 22.6 Å². The lowest BCUT2D eigenvalue weighted by atomic mass is 10.0. The van der Waals surface area contributed by atoms with Gasteiger partial charge in [0.2, 0.25) is 10.0 Å². The van der Waals surface area contributed by atoms with Crippen molar-refractivity contribution in [1.82, 2.24) is 15.0 Å². The summed E-state index contributed by atoms with van der Waals surface area (Å²) in [6.45, 7) is 0. The van der Waals surface area contributed by atoms with Crippen molar-refractivity contribution in [2.45, 2.75) is 43.3 Å². The second-order valence-electron chi connectivity index (χ2n) is 6.78. The Kier molecular flexibility index (Phi) is 6.15. The molecule has 0 amide bonds. The van der Waals surface area contributed by atoms with E-state index < -0.39 is 14.8 Å². The molecule has 2 aromatic rings. The summed E-state index contributed by atoms with van der Waals surface area (Å²) in [5.41, 5.74) is 1.75. The van der Waals surface area contributed by atoms with Crippen LogP contribution in [0.5, 0.6) is 0 Å². The Balaban J connectivity index is 1.67. The van der Waals surface area contributed by atoms with Gasteiger partial charge in [-0.25, -0.2) is 22.2 Å². The van der Waals surface area contributed by atoms with Gasteiger partial charge < -0.3 is 5.21 Å². The number of nitrogens with zero attached hydrogens (tertiary/aromatic N) is 3. The zero-order valence-corrected chi connectivity index (χ0v) is 17.6. The van der Waals surface area contributed by atoms with Crippen LogP contribution in [0.2, 0.25) is 0 Å². The molecule has 0 atom stereocenters. The van der Waals surface area contributed by atoms with Gasteiger partial charge in [0.1, 0.15) is 17.2 Å². The van der Waals surface area contributed by atoms with Crippen molar-refractivity contribution in [2.24, 2.45) is 5.16 Å². The van der Waals surface area contributed by atoms with E-state index in [1.54, 1.807) is 12.1 Å². The van der Waals surface area contributed by atoms with E-state index in [4.69, 9.17) is 4.63 Å². The van der Waals surface area contributed by atoms with Gasteiger partial charge in [0, 0.05) is 6.42 Å². The van der Waals surface area contributed by atoms with E-state index in [0.29, 0.717) is 53.5 Å². The highest BCUT2D eigenvalue weighted by atomic mass is 79.9. The first-order chi connectivity index (χ1) is 13.3. The number of aryl methyl sites for hydroxylation is 1. The van der Waals surface area contributed by atoms with Crippen LogP contribution in [0.3, 0.4) is 0 Å². The first kappa shape index (κ1) is 20.9. The van der Waals surface area contributed by atoms with Crippen LogP contribution < -0.4 is 4.72 Å². The third-order valence-corrected chi connectivity index (χ3v) is 7.90. The van der Waals surface area contributed by atoms with Crippen LogP contribution in [0.1, 0.15) is 42.6 Å². The molecule has 2 N–H and O–H groups in total. The summed E-state index contributed by atoms with van der Waals surface area (Å²) in [5.74, 6) is -0.388. The van der Waals surface area contributed by atoms with Crippen molar-refractivity contribution in [3.8, 4) is 0 Å². The maximum atomic E-state index is 13.4. The summed E-state index contributed by atoms with van der Waals surface area (Å²) in [4.78, 5) is 0. The summed E-state index contributed by atoms with van der Waals surface area (Å²) < 4.78 is 44.4. The topological polar surface area (TPSA) is 118 Å². The van der Waals surface area contributed by atoms with Gasteiger partial charge in [0.15, 0.2) is 5.69 Å². The molecule has 152 valence electrons. The lowest BCUT2D eigenvalue weighted by molar-refractivity contribution is 0.300. The molecule has 0 bridgehead atoms. The van der Waals surface area contributed by atoms with E-state index >= 15 is 0 Å². The molecule has 0 aliphatic heterocycles. The van der Waals surface area contributed by atoms with Gasteiger partial charge in [-0.3, -0.25) is 0 Å². The number of aromatic nitrogens is 2. The predicted octanol–water partition coefficient (Wildman–Crippen LogP) is 2.80. The Morgan fingerprint density at radius 3 is 2.79 bits per heavy atom. The van der Waals surface area contributed by atoms with Crippen LogP contribution in [0, 0.1) is 5.82 Å². The average Bonchev–Trinajstić information content (AvgIpc) is 3.34. The molecule has 1 aromatic carbocycles. The van der Waals surface area contributed by atoms with Crippen LogP contribution in [0.25, 0.3) is 0 Å². The number of rotatable bonds is 9. The minimum absolute atomic E-state index is 0.203. The molecular weight excluding hydrogens is 455 g/mol. The molecule has 1 aliphatic rings. The number of halogens is 2. The van der Waals surface area contributed by atoms with E-state index in [9.17, 15) is 18.0 Å². The predicted molar refractivity (Wildman–Crippen MR) is 103 cm³/mol. The van der Waals surface area contributed by atoms with Crippen LogP contribution in [-0.4, -0.2) is 41.4 Å². The molecule has 1 heterocycles. The fraction of sp³-hybridized carbons (Fsp3) is 0.471. The highest BCUT2D eigenvalue weighted by Gasteiger charge is 2.53. The zero-order valence-electron chi connectivity index (χ0n) is 15.2. The van der Waals surface area contributed by atoms with Crippen molar-refractivity contribution in [2.75, 3.05) is 7.05 Å². The SMILES string of the molecule is CNS(=O)(=O)C1(CCCc2nonc2/C(Cc2ccc(F)c(Br)c2)=N/O)CC1. The smallest absolute Gasteiger partial charge is 0.217 e. The van der Waals surface area contributed by atoms with Gasteiger partial charge in [-0.2, -0.15) is 0 Å². The van der Waals surface area contributed by atoms with Crippen molar-refractivity contribution >= 4 is 31.7 Å². The Morgan fingerprint density at radius 1 is 1.43 bits per heavy atom. The Hall–Kier alpha value is -1.85. The molecular formula is C17H20BrFN4O4S. The van der Waals surface area contributed by atoms with Crippen molar-refractivity contribution in [3.63, 3.8) is 0 Å². The van der Waals surface area contributed by atoms with Crippen LogP contribution in [0.4, 0.5) is 4.39 Å². The van der Waals surface area contributed by atoms with E-state index in [0.717, 1.165) is 0 Å². The van der Waals surface area contributed by atoms with Crippen LogP contribution >= 0.6 is 15.9 Å². The number of sulfonamides is 1. The average molecular weight is 475 g/mol. The monoisotopic (exact) mass is 474 g/mol. The van der Waals surface area contributed by atoms with Crippen LogP contribution in [0.15, 0.2) is 32.5 Å². The highest BCUT2D eigenvalue weighted by molar-refractivity contribution is 9.10. The zero-order chi connectivity index (χ0) is 20.4. The maximum absolute atomic E-state index is 13.4. The first-order valence-electron chi connectivity index (χ1n) is 8.71. The third-order valence-electron chi connectivity index (χ3n) is 5.00. The lowest BCUT2D eigenvalue weighted by Crippen LogP contribution is -2.33. The molecule has 28 heavy (non-hydrogen) atoms. The lowest BCUT2D eigenvalue weighted by Gasteiger charge is -2.14. The van der Waals surface area contributed by atoms with Gasteiger partial charge in [-0.05, 0) is 77.9 Å².